The van der Waals surface area contributed by atoms with Gasteiger partial charge in [0.05, 0.1) is 33.4 Å². The zero-order valence-corrected chi connectivity index (χ0v) is 39.3. The topological polar surface area (TPSA) is 35.9 Å². The summed E-state index contributed by atoms with van der Waals surface area (Å²) in [7, 11) is 0. The summed E-state index contributed by atoms with van der Waals surface area (Å²) in [4.78, 5) is 5.25. The lowest BCUT2D eigenvalue weighted by atomic mass is 9.84. The second-order valence-corrected chi connectivity index (χ2v) is 18.8. The van der Waals surface area contributed by atoms with E-state index >= 15 is 0 Å². The second kappa shape index (κ2) is 17.7. The van der Waals surface area contributed by atoms with Gasteiger partial charge in [-0.3, -0.25) is 13.7 Å². The molecule has 8 aromatic carbocycles. The molecule has 0 saturated heterocycles. The molecule has 0 aliphatic carbocycles. The fraction of sp³-hybridized carbons (Fsp3) is 0.143. The molecular formula is C63H54N4O. The van der Waals surface area contributed by atoms with E-state index in [4.69, 9.17) is 9.72 Å². The maximum atomic E-state index is 6.83. The summed E-state index contributed by atoms with van der Waals surface area (Å²) < 4.78 is 13.5. The van der Waals surface area contributed by atoms with Crippen molar-refractivity contribution in [2.45, 2.75) is 58.8 Å². The zero-order valence-electron chi connectivity index (χ0n) is 39.3. The maximum absolute atomic E-state index is 6.83. The van der Waals surface area contributed by atoms with Crippen LogP contribution in [-0.4, -0.2) is 14.1 Å². The summed E-state index contributed by atoms with van der Waals surface area (Å²) in [5.41, 5.74) is 15.9. The molecule has 68 heavy (non-hydrogen) atoms. The molecule has 0 fully saturated rings. The molecule has 0 N–H and O–H groups in total. The predicted octanol–water partition coefficient (Wildman–Crippen LogP) is 16.2. The number of para-hydroxylation sites is 4. The highest BCUT2D eigenvalue weighted by Crippen LogP contribution is 2.40. The third kappa shape index (κ3) is 7.74. The Balaban J connectivity index is 0.998. The molecule has 3 heterocycles. The smallest absolute Gasteiger partial charge is 0.269 e. The molecule has 11 aromatic rings. The van der Waals surface area contributed by atoms with Gasteiger partial charge >= 0.3 is 0 Å². The molecule has 0 amide bonds. The molecule has 0 aliphatic heterocycles. The molecule has 0 unspecified atom stereocenters. The predicted molar refractivity (Wildman–Crippen MR) is 281 cm³/mol. The molecule has 0 saturated carbocycles. The van der Waals surface area contributed by atoms with Gasteiger partial charge in [0.25, 0.3) is 6.33 Å². The van der Waals surface area contributed by atoms with Crippen LogP contribution in [-0.2, 0) is 5.41 Å². The fourth-order valence-electron chi connectivity index (χ4n) is 10.0. The van der Waals surface area contributed by atoms with Gasteiger partial charge in [-0.05, 0) is 106 Å². The van der Waals surface area contributed by atoms with Crippen molar-refractivity contribution < 1.29 is 9.30 Å². The van der Waals surface area contributed by atoms with Crippen molar-refractivity contribution in [1.29, 1.82) is 0 Å². The number of hydrogen-bond acceptors (Lipinski definition) is 2. The Bertz CT molecular complexity index is 3530. The van der Waals surface area contributed by atoms with Crippen LogP contribution in [0.15, 0.2) is 206 Å². The van der Waals surface area contributed by atoms with E-state index in [-0.39, 0.29) is 5.41 Å². The van der Waals surface area contributed by atoms with Gasteiger partial charge in [0, 0.05) is 28.6 Å². The minimum atomic E-state index is 0.0873. The number of benzene rings is 8. The van der Waals surface area contributed by atoms with E-state index in [1.165, 1.54) is 27.6 Å². The lowest BCUT2D eigenvalue weighted by Gasteiger charge is -2.22. The molecule has 332 valence electrons. The lowest BCUT2D eigenvalue weighted by molar-refractivity contribution is -0.571. The van der Waals surface area contributed by atoms with Gasteiger partial charge in [0.2, 0.25) is 0 Å². The van der Waals surface area contributed by atoms with Gasteiger partial charge in [-0.2, -0.15) is 0 Å². The Morgan fingerprint density at radius 1 is 0.544 bits per heavy atom. The van der Waals surface area contributed by atoms with Crippen molar-refractivity contribution in [1.82, 2.24) is 14.1 Å². The van der Waals surface area contributed by atoms with Crippen LogP contribution in [0.2, 0.25) is 0 Å². The zero-order chi connectivity index (χ0) is 46.4. The number of hydrogen-bond donors (Lipinski definition) is 0. The van der Waals surface area contributed by atoms with Crippen molar-refractivity contribution >= 4 is 32.8 Å². The van der Waals surface area contributed by atoms with Gasteiger partial charge in [-0.1, -0.05) is 186 Å². The normalized spacial score (nSPS) is 11.9. The highest BCUT2D eigenvalue weighted by atomic mass is 16.5. The van der Waals surface area contributed by atoms with E-state index in [9.17, 15) is 0 Å². The average molecular weight is 883 g/mol. The molecule has 0 aliphatic rings. The van der Waals surface area contributed by atoms with Gasteiger partial charge in [-0.25, -0.2) is 4.98 Å². The van der Waals surface area contributed by atoms with Crippen molar-refractivity contribution in [2.24, 2.45) is 0 Å². The third-order valence-electron chi connectivity index (χ3n) is 13.6. The van der Waals surface area contributed by atoms with Crippen LogP contribution in [0.25, 0.3) is 83.4 Å². The van der Waals surface area contributed by atoms with Crippen LogP contribution in [0.4, 0.5) is 0 Å². The number of pyridine rings is 1. The molecule has 0 bridgehead atoms. The van der Waals surface area contributed by atoms with E-state index in [0.717, 1.165) is 91.2 Å². The number of aromatic nitrogens is 4. The fourth-order valence-corrected chi connectivity index (χ4v) is 10.0. The molecule has 5 heteroatoms. The van der Waals surface area contributed by atoms with Crippen molar-refractivity contribution in [2.75, 3.05) is 0 Å². The van der Waals surface area contributed by atoms with E-state index < -0.39 is 0 Å². The van der Waals surface area contributed by atoms with Gasteiger partial charge in [0.15, 0.2) is 0 Å². The van der Waals surface area contributed by atoms with Crippen LogP contribution in [0.3, 0.4) is 0 Å². The SMILES string of the molecule is CCC(CC)c1cc(-n2c3ccccc3c3ccc(Oc4cccc(-n5[c-][n+](-c6c(-c7ccccc7)cccc6-c6ccccc6)c6ccccc65)c4)cc32)ncc1-c1ccc(C(C)(C)C)cc1. The molecule has 5 nitrogen and oxygen atoms in total. The van der Waals surface area contributed by atoms with E-state index in [1.54, 1.807) is 0 Å². The van der Waals surface area contributed by atoms with Crippen LogP contribution in [0.5, 0.6) is 11.5 Å². The average Bonchev–Trinajstić information content (AvgIpc) is 3.93. The summed E-state index contributed by atoms with van der Waals surface area (Å²) >= 11 is 0. The van der Waals surface area contributed by atoms with Crippen molar-refractivity contribution in [3.63, 3.8) is 0 Å². The van der Waals surface area contributed by atoms with E-state index in [0.29, 0.717) is 5.92 Å². The minimum absolute atomic E-state index is 0.0873. The first kappa shape index (κ1) is 42.6. The van der Waals surface area contributed by atoms with Crippen molar-refractivity contribution in [3.05, 3.63) is 224 Å². The van der Waals surface area contributed by atoms with Gasteiger partial charge in [-0.15, -0.1) is 0 Å². The quantitative estimate of drug-likeness (QED) is 0.0958. The standard InChI is InChI=1S/C63H54N4O/c1-6-43(7-2)55-40-61(64-41-56(55)46-32-34-47(35-33-46)63(3,4)5)67-57-29-15-14-26-53(57)54-37-36-50(39-60(54)67)68-49-25-18-24-48(38-49)65-42-66(59-31-17-16-30-58(59)65)62-51(44-20-10-8-11-21-44)27-19-28-52(62)45-22-12-9-13-23-45/h8-41,43H,6-7H2,1-5H3. The van der Waals surface area contributed by atoms with E-state index in [1.807, 2.05) is 6.07 Å². The van der Waals surface area contributed by atoms with Crippen LogP contribution in [0, 0.1) is 6.33 Å². The Morgan fingerprint density at radius 3 is 1.84 bits per heavy atom. The third-order valence-corrected chi connectivity index (χ3v) is 13.6. The molecule has 11 rings (SSSR count). The number of nitrogens with zero attached hydrogens (tertiary/aromatic N) is 4. The van der Waals surface area contributed by atoms with Crippen LogP contribution in [0.1, 0.15) is 64.5 Å². The van der Waals surface area contributed by atoms with Crippen LogP contribution < -0.4 is 9.30 Å². The van der Waals surface area contributed by atoms with Gasteiger partial charge in [0.1, 0.15) is 17.3 Å². The Hall–Kier alpha value is -8.02. The summed E-state index contributed by atoms with van der Waals surface area (Å²) in [6.07, 6.45) is 7.99. The summed E-state index contributed by atoms with van der Waals surface area (Å²) in [6, 6.07) is 71.1. The second-order valence-electron chi connectivity index (χ2n) is 18.8. The maximum Gasteiger partial charge on any atom is 0.269 e. The first-order valence-corrected chi connectivity index (χ1v) is 23.9. The number of imidazole rings is 1. The highest BCUT2D eigenvalue weighted by Gasteiger charge is 2.22. The Kier molecular flexibility index (Phi) is 11.1. The Labute approximate surface area is 399 Å². The Morgan fingerprint density at radius 2 is 1.15 bits per heavy atom. The van der Waals surface area contributed by atoms with Crippen molar-refractivity contribution in [3.8, 4) is 62.1 Å². The minimum Gasteiger partial charge on any atom is -0.458 e. The molecule has 3 aromatic heterocycles. The molecular weight excluding hydrogens is 829 g/mol. The molecule has 0 spiro atoms. The van der Waals surface area contributed by atoms with Gasteiger partial charge < -0.3 is 4.74 Å². The number of rotatable bonds is 11. The summed E-state index contributed by atoms with van der Waals surface area (Å²) in [6.45, 7) is 11.4. The highest BCUT2D eigenvalue weighted by molar-refractivity contribution is 6.09. The lowest BCUT2D eigenvalue weighted by Crippen LogP contribution is -2.31. The molecule has 0 radical (unpaired) electrons. The van der Waals surface area contributed by atoms with E-state index in [2.05, 4.69) is 255 Å². The summed E-state index contributed by atoms with van der Waals surface area (Å²) in [5.74, 6) is 2.77. The molecule has 0 atom stereocenters. The monoisotopic (exact) mass is 882 g/mol. The first-order chi connectivity index (χ1) is 33.3. The summed E-state index contributed by atoms with van der Waals surface area (Å²) in [5, 5.41) is 2.33. The number of ether oxygens (including phenoxy) is 1. The number of fused-ring (bicyclic) bond motifs is 4. The largest absolute Gasteiger partial charge is 0.458 e. The van der Waals surface area contributed by atoms with Crippen LogP contribution >= 0.6 is 0 Å². The first-order valence-electron chi connectivity index (χ1n) is 23.9.